The fourth-order valence-corrected chi connectivity index (χ4v) is 2.67. The minimum atomic E-state index is -1.05. The summed E-state index contributed by atoms with van der Waals surface area (Å²) >= 11 is 0. The number of carboxylic acids is 1. The molecule has 8 nitrogen and oxygen atoms in total. The molecular weight excluding hydrogens is 352 g/mol. The fourth-order valence-electron chi connectivity index (χ4n) is 2.67. The van der Waals surface area contributed by atoms with E-state index in [2.05, 4.69) is 5.32 Å². The summed E-state index contributed by atoms with van der Waals surface area (Å²) in [5.41, 5.74) is 1.57. The molecule has 2 aromatic rings. The van der Waals surface area contributed by atoms with E-state index in [1.807, 2.05) is 6.92 Å². The van der Waals surface area contributed by atoms with Crippen molar-refractivity contribution in [1.29, 1.82) is 0 Å². The highest BCUT2D eigenvalue weighted by Crippen LogP contribution is 2.22. The minimum Gasteiger partial charge on any atom is -0.496 e. The number of amides is 1. The molecule has 0 aromatic heterocycles. The zero-order chi connectivity index (χ0) is 20.0. The number of hydrogen-bond donors (Lipinski definition) is 2. The highest BCUT2D eigenvalue weighted by atomic mass is 16.6. The lowest BCUT2D eigenvalue weighted by atomic mass is 10.1. The van der Waals surface area contributed by atoms with Crippen molar-refractivity contribution in [2.24, 2.45) is 0 Å². The Morgan fingerprint density at radius 2 is 1.81 bits per heavy atom. The van der Waals surface area contributed by atoms with Crippen molar-refractivity contribution < 1.29 is 24.4 Å². The van der Waals surface area contributed by atoms with Crippen LogP contribution in [0.4, 0.5) is 5.69 Å². The van der Waals surface area contributed by atoms with Gasteiger partial charge in [-0.3, -0.25) is 14.9 Å². The molecule has 0 fully saturated rings. The summed E-state index contributed by atoms with van der Waals surface area (Å²) in [7, 11) is 1.44. The Balaban J connectivity index is 2.05. The van der Waals surface area contributed by atoms with Crippen LogP contribution in [0.5, 0.6) is 5.75 Å². The summed E-state index contributed by atoms with van der Waals surface area (Å²) in [6.45, 7) is 2.08. The SMILES string of the molecule is CCc1ccc(C(=O)NCCc2ccc(C(=O)O)cc2OC)cc1[N+](=O)[O-]. The van der Waals surface area contributed by atoms with Crippen molar-refractivity contribution in [3.05, 3.63) is 68.8 Å². The van der Waals surface area contributed by atoms with Gasteiger partial charge in [-0.1, -0.05) is 19.1 Å². The van der Waals surface area contributed by atoms with Gasteiger partial charge in [-0.05, 0) is 36.6 Å². The highest BCUT2D eigenvalue weighted by Gasteiger charge is 2.16. The van der Waals surface area contributed by atoms with Gasteiger partial charge in [0.1, 0.15) is 5.75 Å². The number of rotatable bonds is 8. The molecule has 0 bridgehead atoms. The summed E-state index contributed by atoms with van der Waals surface area (Å²) in [6, 6.07) is 8.94. The van der Waals surface area contributed by atoms with Crippen LogP contribution in [0, 0.1) is 10.1 Å². The van der Waals surface area contributed by atoms with Gasteiger partial charge in [0.05, 0.1) is 17.6 Å². The smallest absolute Gasteiger partial charge is 0.335 e. The molecule has 0 aliphatic heterocycles. The normalized spacial score (nSPS) is 10.3. The van der Waals surface area contributed by atoms with E-state index in [0.29, 0.717) is 24.2 Å². The number of aromatic carboxylic acids is 1. The van der Waals surface area contributed by atoms with Crippen molar-refractivity contribution in [3.63, 3.8) is 0 Å². The first-order valence-corrected chi connectivity index (χ1v) is 8.33. The van der Waals surface area contributed by atoms with Crippen molar-refractivity contribution in [2.75, 3.05) is 13.7 Å². The van der Waals surface area contributed by atoms with Crippen molar-refractivity contribution in [2.45, 2.75) is 19.8 Å². The van der Waals surface area contributed by atoms with Crippen LogP contribution in [-0.2, 0) is 12.8 Å². The van der Waals surface area contributed by atoms with E-state index in [0.717, 1.165) is 5.56 Å². The summed E-state index contributed by atoms with van der Waals surface area (Å²) in [4.78, 5) is 33.9. The summed E-state index contributed by atoms with van der Waals surface area (Å²) in [5.74, 6) is -1.04. The lowest BCUT2D eigenvalue weighted by Crippen LogP contribution is -2.26. The quantitative estimate of drug-likeness (QED) is 0.543. The van der Waals surface area contributed by atoms with Gasteiger partial charge in [-0.15, -0.1) is 0 Å². The fraction of sp³-hybridized carbons (Fsp3) is 0.263. The van der Waals surface area contributed by atoms with E-state index in [-0.39, 0.29) is 23.4 Å². The predicted molar refractivity (Wildman–Crippen MR) is 98.5 cm³/mol. The second-order valence-electron chi connectivity index (χ2n) is 5.79. The van der Waals surface area contributed by atoms with E-state index < -0.39 is 16.8 Å². The van der Waals surface area contributed by atoms with Crippen LogP contribution >= 0.6 is 0 Å². The van der Waals surface area contributed by atoms with Crippen LogP contribution in [0.25, 0.3) is 0 Å². The van der Waals surface area contributed by atoms with E-state index >= 15 is 0 Å². The van der Waals surface area contributed by atoms with Gasteiger partial charge >= 0.3 is 5.97 Å². The number of nitrogens with zero attached hydrogens (tertiary/aromatic N) is 1. The third-order valence-corrected chi connectivity index (χ3v) is 4.14. The Bertz CT molecular complexity index is 878. The predicted octanol–water partition coefficient (Wildman–Crippen LogP) is 2.84. The second-order valence-corrected chi connectivity index (χ2v) is 5.79. The molecule has 0 atom stereocenters. The van der Waals surface area contributed by atoms with E-state index in [1.54, 1.807) is 18.2 Å². The van der Waals surface area contributed by atoms with Crippen LogP contribution in [0.15, 0.2) is 36.4 Å². The highest BCUT2D eigenvalue weighted by molar-refractivity contribution is 5.95. The number of benzene rings is 2. The first-order chi connectivity index (χ1) is 12.9. The Morgan fingerprint density at radius 1 is 1.15 bits per heavy atom. The monoisotopic (exact) mass is 372 g/mol. The average Bonchev–Trinajstić information content (AvgIpc) is 2.67. The van der Waals surface area contributed by atoms with Crippen LogP contribution in [-0.4, -0.2) is 35.6 Å². The lowest BCUT2D eigenvalue weighted by Gasteiger charge is -2.10. The topological polar surface area (TPSA) is 119 Å². The van der Waals surface area contributed by atoms with Crippen LogP contribution in [0.1, 0.15) is 38.8 Å². The largest absolute Gasteiger partial charge is 0.496 e. The number of aryl methyl sites for hydroxylation is 1. The zero-order valence-electron chi connectivity index (χ0n) is 15.0. The van der Waals surface area contributed by atoms with Crippen LogP contribution in [0.3, 0.4) is 0 Å². The van der Waals surface area contributed by atoms with Gasteiger partial charge in [0, 0.05) is 23.7 Å². The molecule has 2 rings (SSSR count). The first-order valence-electron chi connectivity index (χ1n) is 8.33. The second kappa shape index (κ2) is 8.79. The van der Waals surface area contributed by atoms with Crippen LogP contribution in [0.2, 0.25) is 0 Å². The standard InChI is InChI=1S/C19H20N2O6/c1-3-12-4-6-14(10-16(12)21(25)26)18(22)20-9-8-13-5-7-15(19(23)24)11-17(13)27-2/h4-7,10-11H,3,8-9H2,1-2H3,(H,20,22)(H,23,24). The number of nitrogens with one attached hydrogen (secondary N) is 1. The molecule has 142 valence electrons. The Labute approximate surface area is 155 Å². The maximum atomic E-state index is 12.3. The average molecular weight is 372 g/mol. The van der Waals surface area contributed by atoms with Crippen molar-refractivity contribution in [3.8, 4) is 5.75 Å². The van der Waals surface area contributed by atoms with Crippen LogP contribution < -0.4 is 10.1 Å². The van der Waals surface area contributed by atoms with E-state index in [1.165, 1.54) is 25.3 Å². The first kappa shape index (κ1) is 19.9. The maximum absolute atomic E-state index is 12.3. The number of carbonyl (C=O) groups excluding carboxylic acids is 1. The molecule has 27 heavy (non-hydrogen) atoms. The van der Waals surface area contributed by atoms with Crippen molar-refractivity contribution >= 4 is 17.6 Å². The minimum absolute atomic E-state index is 0.0731. The van der Waals surface area contributed by atoms with Crippen molar-refractivity contribution in [1.82, 2.24) is 5.32 Å². The third-order valence-electron chi connectivity index (χ3n) is 4.14. The molecular formula is C19H20N2O6. The van der Waals surface area contributed by atoms with E-state index in [4.69, 9.17) is 9.84 Å². The Hall–Kier alpha value is -3.42. The molecule has 0 heterocycles. The molecule has 2 aromatic carbocycles. The molecule has 0 aliphatic rings. The molecule has 8 heteroatoms. The Kier molecular flexibility index (Phi) is 6.48. The molecule has 0 spiro atoms. The molecule has 1 amide bonds. The number of hydrogen-bond acceptors (Lipinski definition) is 5. The zero-order valence-corrected chi connectivity index (χ0v) is 15.0. The van der Waals surface area contributed by atoms with Gasteiger partial charge < -0.3 is 15.2 Å². The lowest BCUT2D eigenvalue weighted by molar-refractivity contribution is -0.385. The number of nitro benzene ring substituents is 1. The van der Waals surface area contributed by atoms with Gasteiger partial charge in [-0.2, -0.15) is 0 Å². The number of ether oxygens (including phenoxy) is 1. The van der Waals surface area contributed by atoms with E-state index in [9.17, 15) is 19.7 Å². The molecule has 0 saturated carbocycles. The molecule has 2 N–H and O–H groups in total. The number of methoxy groups -OCH3 is 1. The molecule has 0 unspecified atom stereocenters. The molecule has 0 radical (unpaired) electrons. The maximum Gasteiger partial charge on any atom is 0.335 e. The molecule has 0 saturated heterocycles. The summed E-state index contributed by atoms with van der Waals surface area (Å²) < 4.78 is 5.19. The summed E-state index contributed by atoms with van der Waals surface area (Å²) in [6.07, 6.45) is 0.925. The third kappa shape index (κ3) is 4.81. The number of carbonyl (C=O) groups is 2. The van der Waals surface area contributed by atoms with Gasteiger partial charge in [0.25, 0.3) is 11.6 Å². The van der Waals surface area contributed by atoms with Gasteiger partial charge in [-0.25, -0.2) is 4.79 Å². The summed E-state index contributed by atoms with van der Waals surface area (Å²) in [5, 5.41) is 22.8. The number of nitro groups is 1. The van der Waals surface area contributed by atoms with Gasteiger partial charge in [0.2, 0.25) is 0 Å². The Morgan fingerprint density at radius 3 is 2.41 bits per heavy atom. The number of carboxylic acid groups (broad SMARTS) is 1. The molecule has 0 aliphatic carbocycles. The van der Waals surface area contributed by atoms with Gasteiger partial charge in [0.15, 0.2) is 0 Å².